The summed E-state index contributed by atoms with van der Waals surface area (Å²) in [4.78, 5) is 13.7. The number of hydrogen-bond acceptors (Lipinski definition) is 4. The van der Waals surface area contributed by atoms with E-state index >= 15 is 0 Å². The molecule has 3 rings (SSSR count). The number of anilines is 1. The van der Waals surface area contributed by atoms with Crippen LogP contribution in [0, 0.1) is 0 Å². The maximum atomic E-state index is 12.8. The molecule has 10 heteroatoms. The van der Waals surface area contributed by atoms with Crippen molar-refractivity contribution in [1.29, 1.82) is 0 Å². The Labute approximate surface area is 171 Å². The van der Waals surface area contributed by atoms with Crippen LogP contribution in [-0.4, -0.2) is 26.3 Å². The fraction of sp³-hybridized carbons (Fsp3) is 0.150. The number of sulfonamides is 1. The molecule has 1 N–H and O–H groups in total. The first-order valence-corrected chi connectivity index (χ1v) is 10.1. The highest BCUT2D eigenvalue weighted by molar-refractivity contribution is 7.92. The number of nitrogens with one attached hydrogen (secondary N) is 1. The first kappa shape index (κ1) is 21.4. The monoisotopic (exact) mass is 438 g/mol. The predicted molar refractivity (Wildman–Crippen MR) is 103 cm³/mol. The van der Waals surface area contributed by atoms with Crippen LogP contribution < -0.4 is 4.72 Å². The van der Waals surface area contributed by atoms with E-state index < -0.39 is 21.8 Å². The molecular formula is C20H17F3N2O4S. The van der Waals surface area contributed by atoms with Crippen LogP contribution in [-0.2, 0) is 22.7 Å². The van der Waals surface area contributed by atoms with E-state index in [1.54, 1.807) is 19.2 Å². The van der Waals surface area contributed by atoms with Crippen molar-refractivity contribution in [3.8, 4) is 0 Å². The van der Waals surface area contributed by atoms with Gasteiger partial charge in [0.25, 0.3) is 15.9 Å². The Morgan fingerprint density at radius 2 is 1.77 bits per heavy atom. The molecule has 6 nitrogen and oxygen atoms in total. The average molecular weight is 438 g/mol. The third-order valence-corrected chi connectivity index (χ3v) is 5.57. The van der Waals surface area contributed by atoms with E-state index in [0.717, 1.165) is 12.1 Å². The van der Waals surface area contributed by atoms with Crippen LogP contribution >= 0.6 is 0 Å². The Balaban J connectivity index is 1.74. The zero-order valence-electron chi connectivity index (χ0n) is 15.7. The summed E-state index contributed by atoms with van der Waals surface area (Å²) >= 11 is 0. The Kier molecular flexibility index (Phi) is 5.88. The Morgan fingerprint density at radius 1 is 1.07 bits per heavy atom. The molecule has 1 aromatic heterocycles. The van der Waals surface area contributed by atoms with Crippen LogP contribution in [0.15, 0.2) is 76.2 Å². The second-order valence-electron chi connectivity index (χ2n) is 6.45. The molecule has 1 heterocycles. The lowest BCUT2D eigenvalue weighted by Crippen LogP contribution is -2.26. The van der Waals surface area contributed by atoms with Crippen molar-refractivity contribution < 1.29 is 30.8 Å². The minimum absolute atomic E-state index is 0.190. The van der Waals surface area contributed by atoms with E-state index in [1.807, 2.05) is 0 Å². The number of furan rings is 1. The third-order valence-electron chi connectivity index (χ3n) is 4.17. The van der Waals surface area contributed by atoms with Gasteiger partial charge in [0.2, 0.25) is 0 Å². The highest BCUT2D eigenvalue weighted by Crippen LogP contribution is 2.31. The topological polar surface area (TPSA) is 79.6 Å². The number of hydrogen-bond donors (Lipinski definition) is 1. The third kappa shape index (κ3) is 5.01. The van der Waals surface area contributed by atoms with Crippen molar-refractivity contribution in [2.75, 3.05) is 11.8 Å². The van der Waals surface area contributed by atoms with E-state index in [0.29, 0.717) is 11.8 Å². The smallest absolute Gasteiger partial charge is 0.416 e. The lowest BCUT2D eigenvalue weighted by Gasteiger charge is -2.16. The maximum Gasteiger partial charge on any atom is 0.416 e. The Hall–Kier alpha value is -3.27. The molecule has 30 heavy (non-hydrogen) atoms. The summed E-state index contributed by atoms with van der Waals surface area (Å²) in [6.45, 7) is 0.239. The fourth-order valence-corrected chi connectivity index (χ4v) is 3.73. The number of amides is 1. The molecule has 0 unspecified atom stereocenters. The SMILES string of the molecule is CN(Cc1ccco1)C(=O)c1ccc(S(=O)(=O)Nc2cccc(C(F)(F)F)c2)cc1. The summed E-state index contributed by atoms with van der Waals surface area (Å²) in [5.74, 6) is 0.247. The molecule has 158 valence electrons. The molecule has 0 aliphatic rings. The molecular weight excluding hydrogens is 421 g/mol. The number of nitrogens with zero attached hydrogens (tertiary/aromatic N) is 1. The summed E-state index contributed by atoms with van der Waals surface area (Å²) in [6.07, 6.45) is -3.10. The molecule has 0 fully saturated rings. The highest BCUT2D eigenvalue weighted by atomic mass is 32.2. The summed E-state index contributed by atoms with van der Waals surface area (Å²) in [5.41, 5.74) is -0.937. The average Bonchev–Trinajstić information content (AvgIpc) is 3.19. The molecule has 1 amide bonds. The molecule has 0 saturated heterocycles. The standard InChI is InChI=1S/C20H17F3N2O4S/c1-25(13-17-6-3-11-29-17)19(26)14-7-9-18(10-8-14)30(27,28)24-16-5-2-4-15(12-16)20(21,22)23/h2-12,24H,13H2,1H3. The zero-order valence-corrected chi connectivity index (χ0v) is 16.5. The number of benzene rings is 2. The molecule has 0 spiro atoms. The van der Waals surface area contributed by atoms with Crippen molar-refractivity contribution in [2.45, 2.75) is 17.6 Å². The second kappa shape index (κ2) is 8.23. The van der Waals surface area contributed by atoms with Gasteiger partial charge in [-0.3, -0.25) is 9.52 Å². The van der Waals surface area contributed by atoms with Crippen LogP contribution in [0.25, 0.3) is 0 Å². The van der Waals surface area contributed by atoms with E-state index in [4.69, 9.17) is 4.42 Å². The van der Waals surface area contributed by atoms with Gasteiger partial charge in [-0.25, -0.2) is 8.42 Å². The van der Waals surface area contributed by atoms with Crippen molar-refractivity contribution in [1.82, 2.24) is 4.90 Å². The van der Waals surface area contributed by atoms with Gasteiger partial charge >= 0.3 is 6.18 Å². The van der Waals surface area contributed by atoms with E-state index in [2.05, 4.69) is 4.72 Å². The van der Waals surface area contributed by atoms with Gasteiger partial charge in [0.1, 0.15) is 5.76 Å². The molecule has 0 aliphatic heterocycles. The van der Waals surface area contributed by atoms with E-state index in [1.165, 1.54) is 41.5 Å². The van der Waals surface area contributed by atoms with Gasteiger partial charge in [-0.05, 0) is 54.6 Å². The largest absolute Gasteiger partial charge is 0.467 e. The van der Waals surface area contributed by atoms with Gasteiger partial charge in [0.05, 0.1) is 23.3 Å². The van der Waals surface area contributed by atoms with Gasteiger partial charge in [0.15, 0.2) is 0 Å². The van der Waals surface area contributed by atoms with E-state index in [9.17, 15) is 26.4 Å². The van der Waals surface area contributed by atoms with Crippen LogP contribution in [0.5, 0.6) is 0 Å². The van der Waals surface area contributed by atoms with Crippen molar-refractivity contribution in [3.63, 3.8) is 0 Å². The van der Waals surface area contributed by atoms with Gasteiger partial charge in [0, 0.05) is 18.3 Å². The van der Waals surface area contributed by atoms with Gasteiger partial charge in [-0.1, -0.05) is 6.07 Å². The quantitative estimate of drug-likeness (QED) is 0.620. The first-order valence-electron chi connectivity index (χ1n) is 8.64. The fourth-order valence-electron chi connectivity index (χ4n) is 2.68. The van der Waals surface area contributed by atoms with Crippen LogP contribution in [0.4, 0.5) is 18.9 Å². The molecule has 0 radical (unpaired) electrons. The summed E-state index contributed by atoms with van der Waals surface area (Å²) < 4.78 is 70.7. The van der Waals surface area contributed by atoms with Crippen molar-refractivity contribution in [2.24, 2.45) is 0 Å². The molecule has 0 bridgehead atoms. The van der Waals surface area contributed by atoms with Crippen molar-refractivity contribution >= 4 is 21.6 Å². The number of rotatable bonds is 6. The number of carbonyl (C=O) groups excluding carboxylic acids is 1. The lowest BCUT2D eigenvalue weighted by atomic mass is 10.2. The highest BCUT2D eigenvalue weighted by Gasteiger charge is 2.30. The van der Waals surface area contributed by atoms with Gasteiger partial charge < -0.3 is 9.32 Å². The molecule has 3 aromatic rings. The van der Waals surface area contributed by atoms with Gasteiger partial charge in [-0.2, -0.15) is 13.2 Å². The van der Waals surface area contributed by atoms with Crippen LogP contribution in [0.1, 0.15) is 21.7 Å². The zero-order chi connectivity index (χ0) is 21.9. The summed E-state index contributed by atoms with van der Waals surface area (Å²) in [6, 6.07) is 12.4. The van der Waals surface area contributed by atoms with Crippen LogP contribution in [0.3, 0.4) is 0 Å². The van der Waals surface area contributed by atoms with E-state index in [-0.39, 0.29) is 28.6 Å². The Morgan fingerprint density at radius 3 is 2.37 bits per heavy atom. The maximum absolute atomic E-state index is 12.8. The first-order chi connectivity index (χ1) is 14.1. The minimum atomic E-state index is -4.59. The second-order valence-corrected chi connectivity index (χ2v) is 8.13. The summed E-state index contributed by atoms with van der Waals surface area (Å²) in [5, 5.41) is 0. The van der Waals surface area contributed by atoms with Gasteiger partial charge in [-0.15, -0.1) is 0 Å². The molecule has 2 aromatic carbocycles. The normalized spacial score (nSPS) is 11.9. The van der Waals surface area contributed by atoms with Crippen LogP contribution in [0.2, 0.25) is 0 Å². The molecule has 0 aliphatic carbocycles. The summed E-state index contributed by atoms with van der Waals surface area (Å²) in [7, 11) is -2.56. The lowest BCUT2D eigenvalue weighted by molar-refractivity contribution is -0.137. The van der Waals surface area contributed by atoms with Crippen molar-refractivity contribution in [3.05, 3.63) is 83.8 Å². The minimum Gasteiger partial charge on any atom is -0.467 e. The number of carbonyl (C=O) groups is 1. The number of alkyl halides is 3. The molecule has 0 atom stereocenters. The predicted octanol–water partition coefficient (Wildman–Crippen LogP) is 4.37. The molecule has 0 saturated carbocycles. The Bertz CT molecular complexity index is 1130. The number of halogens is 3.